The number of guanidine groups is 1. The lowest BCUT2D eigenvalue weighted by Crippen LogP contribution is -2.49. The van der Waals surface area contributed by atoms with E-state index in [0.29, 0.717) is 12.1 Å². The van der Waals surface area contributed by atoms with Crippen molar-refractivity contribution in [2.75, 3.05) is 58.4 Å². The number of nitrogens with one attached hydrogen (secondary N) is 2. The molecule has 0 amide bonds. The van der Waals surface area contributed by atoms with Crippen LogP contribution in [0.3, 0.4) is 0 Å². The van der Waals surface area contributed by atoms with E-state index in [9.17, 15) is 0 Å². The highest BCUT2D eigenvalue weighted by atomic mass is 127. The third-order valence-corrected chi connectivity index (χ3v) is 6.47. The van der Waals surface area contributed by atoms with Crippen molar-refractivity contribution in [3.8, 4) is 11.5 Å². The fourth-order valence-electron chi connectivity index (χ4n) is 4.58. The number of hydrogen-bond donors (Lipinski definition) is 2. The van der Waals surface area contributed by atoms with Crippen LogP contribution in [0.5, 0.6) is 11.5 Å². The molecule has 1 aromatic rings. The normalized spacial score (nSPS) is 18.8. The van der Waals surface area contributed by atoms with Crippen molar-refractivity contribution in [1.82, 2.24) is 15.5 Å². The number of aliphatic imine (C=N–C) groups is 1. The minimum Gasteiger partial charge on any atom is -0.497 e. The molecule has 2 N–H and O–H groups in total. The van der Waals surface area contributed by atoms with E-state index in [4.69, 9.17) is 14.5 Å². The zero-order chi connectivity index (χ0) is 22.1. The van der Waals surface area contributed by atoms with Crippen LogP contribution >= 0.6 is 24.0 Å². The van der Waals surface area contributed by atoms with Gasteiger partial charge in [-0.1, -0.05) is 6.92 Å². The molecule has 0 spiro atoms. The number of halogens is 1. The molecule has 1 unspecified atom stereocenters. The van der Waals surface area contributed by atoms with Crippen molar-refractivity contribution >= 4 is 35.6 Å². The first-order chi connectivity index (χ1) is 15.2. The maximum absolute atomic E-state index is 5.43. The molecular weight excluding hydrogens is 517 g/mol. The molecule has 2 fully saturated rings. The summed E-state index contributed by atoms with van der Waals surface area (Å²) in [5, 5.41) is 7.14. The lowest BCUT2D eigenvalue weighted by Gasteiger charge is -2.35. The van der Waals surface area contributed by atoms with E-state index in [1.54, 1.807) is 14.2 Å². The van der Waals surface area contributed by atoms with Gasteiger partial charge in [-0.3, -0.25) is 9.89 Å². The average molecular weight is 560 g/mol. The topological polar surface area (TPSA) is 61.4 Å². The Balaban J connectivity index is 0.00000363. The Morgan fingerprint density at radius 3 is 2.19 bits per heavy atom. The molecule has 1 atom stereocenters. The molecule has 0 bridgehead atoms. The van der Waals surface area contributed by atoms with Crippen molar-refractivity contribution in [2.45, 2.75) is 58.0 Å². The summed E-state index contributed by atoms with van der Waals surface area (Å²) >= 11 is 0. The molecule has 1 aromatic carbocycles. The van der Waals surface area contributed by atoms with Crippen LogP contribution in [0.25, 0.3) is 0 Å². The number of ether oxygens (including phenoxy) is 2. The predicted molar refractivity (Wildman–Crippen MR) is 144 cm³/mol. The van der Waals surface area contributed by atoms with Gasteiger partial charge >= 0.3 is 0 Å². The van der Waals surface area contributed by atoms with Gasteiger partial charge in [-0.25, -0.2) is 0 Å². The van der Waals surface area contributed by atoms with E-state index < -0.39 is 0 Å². The van der Waals surface area contributed by atoms with E-state index in [1.165, 1.54) is 25.9 Å². The second-order valence-corrected chi connectivity index (χ2v) is 8.50. The van der Waals surface area contributed by atoms with Gasteiger partial charge in [0.25, 0.3) is 0 Å². The molecule has 0 saturated carbocycles. The fraction of sp³-hybridized carbons (Fsp3) is 0.708. The van der Waals surface area contributed by atoms with Gasteiger partial charge in [0.15, 0.2) is 5.96 Å². The Kier molecular flexibility index (Phi) is 11.7. The summed E-state index contributed by atoms with van der Waals surface area (Å²) in [4.78, 5) is 9.97. The van der Waals surface area contributed by atoms with Crippen molar-refractivity contribution in [1.29, 1.82) is 0 Å². The highest BCUT2D eigenvalue weighted by Crippen LogP contribution is 2.30. The monoisotopic (exact) mass is 559 g/mol. The van der Waals surface area contributed by atoms with Crippen LogP contribution < -0.4 is 25.0 Å². The molecule has 0 aromatic heterocycles. The Morgan fingerprint density at radius 1 is 1.03 bits per heavy atom. The second-order valence-electron chi connectivity index (χ2n) is 8.50. The molecule has 0 aliphatic carbocycles. The molecule has 2 aliphatic rings. The lowest BCUT2D eigenvalue weighted by molar-refractivity contribution is 0.242. The second kappa shape index (κ2) is 14.0. The van der Waals surface area contributed by atoms with Gasteiger partial charge in [0.1, 0.15) is 11.5 Å². The Morgan fingerprint density at radius 2 is 1.66 bits per heavy atom. The number of nitrogens with zero attached hydrogens (tertiary/aromatic N) is 3. The first-order valence-corrected chi connectivity index (χ1v) is 11.9. The number of piperidine rings is 1. The van der Waals surface area contributed by atoms with Crippen LogP contribution in [0.1, 0.15) is 46.0 Å². The molecule has 32 heavy (non-hydrogen) atoms. The molecule has 7 nitrogen and oxygen atoms in total. The summed E-state index contributed by atoms with van der Waals surface area (Å²) < 4.78 is 10.9. The molecule has 8 heteroatoms. The minimum absolute atomic E-state index is 0. The Labute approximate surface area is 211 Å². The molecule has 0 radical (unpaired) electrons. The third-order valence-electron chi connectivity index (χ3n) is 6.47. The molecule has 2 heterocycles. The van der Waals surface area contributed by atoms with Gasteiger partial charge in [-0.2, -0.15) is 0 Å². The largest absolute Gasteiger partial charge is 0.497 e. The van der Waals surface area contributed by atoms with Crippen molar-refractivity contribution in [3.05, 3.63) is 18.2 Å². The van der Waals surface area contributed by atoms with Crippen LogP contribution in [0, 0.1) is 0 Å². The quantitative estimate of drug-likeness (QED) is 0.273. The minimum atomic E-state index is 0. The SMILES string of the molecule is CCNC(=NCC(CC)N1CCCC1)NC1CCN(c2cc(OC)cc(OC)c2)CC1.I. The predicted octanol–water partition coefficient (Wildman–Crippen LogP) is 3.72. The summed E-state index contributed by atoms with van der Waals surface area (Å²) in [6.45, 7) is 10.6. The van der Waals surface area contributed by atoms with Gasteiger partial charge in [0.05, 0.1) is 20.8 Å². The highest BCUT2D eigenvalue weighted by Gasteiger charge is 2.23. The van der Waals surface area contributed by atoms with Crippen LogP contribution in [0.2, 0.25) is 0 Å². The molecular formula is C24H42IN5O2. The maximum Gasteiger partial charge on any atom is 0.191 e. The highest BCUT2D eigenvalue weighted by molar-refractivity contribution is 14.0. The number of anilines is 1. The van der Waals surface area contributed by atoms with E-state index in [1.807, 2.05) is 6.07 Å². The molecule has 3 rings (SSSR count). The average Bonchev–Trinajstić information content (AvgIpc) is 3.34. The van der Waals surface area contributed by atoms with Crippen molar-refractivity contribution < 1.29 is 9.47 Å². The molecule has 2 aliphatic heterocycles. The van der Waals surface area contributed by atoms with Crippen LogP contribution in [-0.2, 0) is 0 Å². The maximum atomic E-state index is 5.43. The van der Waals surface area contributed by atoms with Gasteiger partial charge in [0.2, 0.25) is 0 Å². The van der Waals surface area contributed by atoms with Crippen molar-refractivity contribution in [2.24, 2.45) is 4.99 Å². The third kappa shape index (κ3) is 7.57. The summed E-state index contributed by atoms with van der Waals surface area (Å²) in [5.74, 6) is 2.63. The van der Waals surface area contributed by atoms with Gasteiger partial charge in [0, 0.05) is 55.6 Å². The van der Waals surface area contributed by atoms with E-state index >= 15 is 0 Å². The van der Waals surface area contributed by atoms with Gasteiger partial charge < -0.3 is 25.0 Å². The van der Waals surface area contributed by atoms with E-state index in [2.05, 4.69) is 46.4 Å². The number of likely N-dealkylation sites (tertiary alicyclic amines) is 1. The molecule has 2 saturated heterocycles. The zero-order valence-corrected chi connectivity index (χ0v) is 22.6. The fourth-order valence-corrected chi connectivity index (χ4v) is 4.58. The van der Waals surface area contributed by atoms with Crippen molar-refractivity contribution in [3.63, 3.8) is 0 Å². The standard InChI is InChI=1S/C24H41N5O2.HI/c1-5-20(28-11-7-8-12-28)18-26-24(25-6-2)27-19-9-13-29(14-10-19)21-15-22(30-3)17-23(16-21)31-4;/h15-17,19-20H,5-14,18H2,1-4H3,(H2,25,26,27);1H. The van der Waals surface area contributed by atoms with Crippen LogP contribution in [0.15, 0.2) is 23.2 Å². The first-order valence-electron chi connectivity index (χ1n) is 11.9. The zero-order valence-electron chi connectivity index (χ0n) is 20.2. The van der Waals surface area contributed by atoms with E-state index in [-0.39, 0.29) is 24.0 Å². The summed E-state index contributed by atoms with van der Waals surface area (Å²) in [7, 11) is 3.40. The Hall–Kier alpha value is -1.42. The van der Waals surface area contributed by atoms with Gasteiger partial charge in [-0.15, -0.1) is 24.0 Å². The smallest absolute Gasteiger partial charge is 0.191 e. The van der Waals surface area contributed by atoms with Gasteiger partial charge in [-0.05, 0) is 52.1 Å². The van der Waals surface area contributed by atoms with Crippen LogP contribution in [0.4, 0.5) is 5.69 Å². The summed E-state index contributed by atoms with van der Waals surface area (Å²) in [6, 6.07) is 7.09. The first kappa shape index (κ1) is 26.8. The van der Waals surface area contributed by atoms with Crippen LogP contribution in [-0.4, -0.2) is 76.4 Å². The number of methoxy groups -OCH3 is 2. The lowest BCUT2D eigenvalue weighted by atomic mass is 10.0. The Bertz CT molecular complexity index is 681. The number of rotatable bonds is 9. The summed E-state index contributed by atoms with van der Waals surface area (Å²) in [6.07, 6.45) is 5.97. The number of hydrogen-bond acceptors (Lipinski definition) is 5. The molecule has 182 valence electrons. The summed E-state index contributed by atoms with van der Waals surface area (Å²) in [5.41, 5.74) is 1.16. The van der Waals surface area contributed by atoms with E-state index in [0.717, 1.165) is 68.6 Å². The number of benzene rings is 1.